The minimum Gasteiger partial charge on any atom is -0.368 e. The molecule has 52 heavy (non-hydrogen) atoms. The average Bonchev–Trinajstić information content (AvgIpc) is 3.80. The smallest absolute Gasteiger partial charge is 0.267 e. The number of nitrogens with two attached hydrogens (primary N) is 1. The Labute approximate surface area is 307 Å². The second kappa shape index (κ2) is 15.0. The predicted molar refractivity (Wildman–Crippen MR) is 205 cm³/mol. The Bertz CT molecular complexity index is 2350. The van der Waals surface area contributed by atoms with Crippen molar-refractivity contribution < 1.29 is 22.8 Å². The number of para-hydroxylation sites is 1. The van der Waals surface area contributed by atoms with E-state index < -0.39 is 39.8 Å². The predicted octanol–water partition coefficient (Wildman–Crippen LogP) is 6.82. The molecule has 0 saturated heterocycles. The lowest BCUT2D eigenvalue weighted by molar-refractivity contribution is -0.137. The summed E-state index contributed by atoms with van der Waals surface area (Å²) in [5, 5.41) is 4.78. The average molecular weight is 733 g/mol. The van der Waals surface area contributed by atoms with E-state index in [-0.39, 0.29) is 17.7 Å². The number of fused-ring (bicyclic) bond motifs is 1. The molecule has 266 valence electrons. The number of carbonyl (C=O) groups is 3. The van der Waals surface area contributed by atoms with Crippen LogP contribution >= 0.6 is 11.3 Å². The van der Waals surface area contributed by atoms with Gasteiger partial charge in [-0.15, -0.1) is 0 Å². The van der Waals surface area contributed by atoms with Crippen LogP contribution in [0.5, 0.6) is 0 Å². The lowest BCUT2D eigenvalue weighted by Crippen LogP contribution is -2.58. The number of nitrogens with one attached hydrogen (secondary N) is 1. The number of hydrogen-bond donors (Lipinski definition) is 2. The molecule has 0 aliphatic heterocycles. The van der Waals surface area contributed by atoms with Gasteiger partial charge in [0.1, 0.15) is 12.1 Å². The molecule has 9 nitrogen and oxygen atoms in total. The van der Waals surface area contributed by atoms with E-state index in [0.29, 0.717) is 26.6 Å². The van der Waals surface area contributed by atoms with Gasteiger partial charge in [-0.2, -0.15) is 11.3 Å². The van der Waals surface area contributed by atoms with E-state index in [1.165, 1.54) is 18.0 Å². The van der Waals surface area contributed by atoms with Crippen molar-refractivity contribution in [3.05, 3.63) is 147 Å². The van der Waals surface area contributed by atoms with E-state index in [1.807, 2.05) is 85.3 Å². The largest absolute Gasteiger partial charge is 0.368 e. The van der Waals surface area contributed by atoms with Crippen LogP contribution in [0.3, 0.4) is 0 Å². The standard InChI is InChI=1S/C41H40N4O5S2/c1-26-19-27(2)21-32(20-26)40(47)44(4)37(22-29-13-15-30(16-14-29)31-17-18-51-25-31)41(48)45(52(49,50)38-12-8-5-9-28(38)3)36(39(42)46)23-33-24-43-35-11-7-6-10-34(33)35/h5-21,24-25,36-37,43H,22-23H2,1-4H3,(H2,42,46)/t36-,37-/m0/s1. The number of H-pyrrole nitrogens is 1. The fourth-order valence-electron chi connectivity index (χ4n) is 6.66. The zero-order chi connectivity index (χ0) is 37.2. The van der Waals surface area contributed by atoms with E-state index in [2.05, 4.69) is 4.98 Å². The Hall–Kier alpha value is -5.52. The SMILES string of the molecule is Cc1cc(C)cc(C(=O)N(C)[C@@H](Cc2ccc(-c3ccsc3)cc2)C(=O)N([C@@H](Cc2c[nH]c3ccccc23)C(N)=O)S(=O)(=O)c2ccccc2C)c1. The third-order valence-corrected chi connectivity index (χ3v) is 12.0. The third-order valence-electron chi connectivity index (χ3n) is 9.33. The van der Waals surface area contributed by atoms with Crippen LogP contribution in [0.15, 0.2) is 119 Å². The molecule has 0 spiro atoms. The number of amides is 3. The normalized spacial score (nSPS) is 12.7. The number of aromatic amines is 1. The Kier molecular flexibility index (Phi) is 10.5. The van der Waals surface area contributed by atoms with Gasteiger partial charge in [-0.05, 0) is 89.7 Å². The van der Waals surface area contributed by atoms with Crippen molar-refractivity contribution in [1.29, 1.82) is 0 Å². The molecule has 0 bridgehead atoms. The molecule has 0 radical (unpaired) electrons. The summed E-state index contributed by atoms with van der Waals surface area (Å²) in [6.45, 7) is 5.37. The molecule has 0 fully saturated rings. The third kappa shape index (κ3) is 7.42. The van der Waals surface area contributed by atoms with Crippen molar-refractivity contribution in [2.45, 2.75) is 50.6 Å². The minimum absolute atomic E-state index is 0.0336. The zero-order valence-electron chi connectivity index (χ0n) is 29.4. The maximum Gasteiger partial charge on any atom is 0.267 e. The van der Waals surface area contributed by atoms with Gasteiger partial charge in [0, 0.05) is 42.6 Å². The highest BCUT2D eigenvalue weighted by Gasteiger charge is 2.44. The molecule has 6 aromatic rings. The number of primary amides is 1. The van der Waals surface area contributed by atoms with Gasteiger partial charge in [0.25, 0.3) is 21.8 Å². The van der Waals surface area contributed by atoms with Crippen LogP contribution in [-0.4, -0.2) is 59.5 Å². The van der Waals surface area contributed by atoms with E-state index in [1.54, 1.807) is 54.8 Å². The summed E-state index contributed by atoms with van der Waals surface area (Å²) in [6.07, 6.45) is 1.47. The first-order chi connectivity index (χ1) is 24.8. The molecule has 2 atom stereocenters. The monoisotopic (exact) mass is 732 g/mol. The summed E-state index contributed by atoms with van der Waals surface area (Å²) in [5.74, 6) is -2.42. The summed E-state index contributed by atoms with van der Waals surface area (Å²) in [4.78, 5) is 47.2. The second-order valence-corrected chi connectivity index (χ2v) is 15.7. The maximum absolute atomic E-state index is 15.2. The number of thiophene rings is 1. The molecule has 0 aliphatic rings. The summed E-state index contributed by atoms with van der Waals surface area (Å²) in [6, 6.07) is 25.7. The highest BCUT2D eigenvalue weighted by Crippen LogP contribution is 2.29. The summed E-state index contributed by atoms with van der Waals surface area (Å²) in [5.41, 5.74) is 12.6. The van der Waals surface area contributed by atoms with Gasteiger partial charge < -0.3 is 15.6 Å². The number of hydrogen-bond acceptors (Lipinski definition) is 6. The first-order valence-corrected chi connectivity index (χ1v) is 19.2. The van der Waals surface area contributed by atoms with Crippen molar-refractivity contribution in [3.8, 4) is 11.1 Å². The fraction of sp³-hybridized carbons (Fsp3) is 0.195. The number of benzene rings is 4. The molecule has 4 aromatic carbocycles. The molecule has 2 aromatic heterocycles. The number of carbonyl (C=O) groups excluding carboxylic acids is 3. The quantitative estimate of drug-likeness (QED) is 0.143. The van der Waals surface area contributed by atoms with E-state index >= 15 is 4.79 Å². The van der Waals surface area contributed by atoms with Crippen LogP contribution in [0.25, 0.3) is 22.0 Å². The maximum atomic E-state index is 15.2. The molecule has 2 heterocycles. The Balaban J connectivity index is 1.49. The molecular weight excluding hydrogens is 693 g/mol. The molecule has 0 aliphatic carbocycles. The Morgan fingerprint density at radius 2 is 1.48 bits per heavy atom. The number of aryl methyl sites for hydroxylation is 3. The fourth-order valence-corrected chi connectivity index (χ4v) is 9.14. The number of sulfonamides is 1. The molecular formula is C41H40N4O5S2. The molecule has 3 N–H and O–H groups in total. The zero-order valence-corrected chi connectivity index (χ0v) is 31.0. The van der Waals surface area contributed by atoms with Crippen molar-refractivity contribution in [3.63, 3.8) is 0 Å². The summed E-state index contributed by atoms with van der Waals surface area (Å²) in [7, 11) is -3.22. The van der Waals surface area contributed by atoms with Crippen molar-refractivity contribution in [1.82, 2.24) is 14.2 Å². The topological polar surface area (TPSA) is 134 Å². The van der Waals surface area contributed by atoms with Crippen molar-refractivity contribution in [2.24, 2.45) is 5.73 Å². The Morgan fingerprint density at radius 1 is 0.808 bits per heavy atom. The van der Waals surface area contributed by atoms with Crippen LogP contribution in [0, 0.1) is 20.8 Å². The minimum atomic E-state index is -4.71. The van der Waals surface area contributed by atoms with Gasteiger partial charge in [0.2, 0.25) is 5.91 Å². The van der Waals surface area contributed by atoms with Gasteiger partial charge in [0.15, 0.2) is 0 Å². The highest BCUT2D eigenvalue weighted by atomic mass is 32.2. The first-order valence-electron chi connectivity index (χ1n) is 16.8. The lowest BCUT2D eigenvalue weighted by atomic mass is 9.99. The molecule has 11 heteroatoms. The van der Waals surface area contributed by atoms with Crippen molar-refractivity contribution in [2.75, 3.05) is 7.05 Å². The number of likely N-dealkylation sites (N-methyl/N-ethyl adjacent to an activating group) is 1. The summed E-state index contributed by atoms with van der Waals surface area (Å²) < 4.78 is 30.2. The van der Waals surface area contributed by atoms with Crippen LogP contribution in [0.2, 0.25) is 0 Å². The van der Waals surface area contributed by atoms with E-state index in [4.69, 9.17) is 5.73 Å². The second-order valence-electron chi connectivity index (χ2n) is 13.1. The number of nitrogens with zero attached hydrogens (tertiary/aromatic N) is 2. The van der Waals surface area contributed by atoms with Crippen LogP contribution in [-0.2, 0) is 32.5 Å². The molecule has 6 rings (SSSR count). The molecule has 3 amide bonds. The highest BCUT2D eigenvalue weighted by molar-refractivity contribution is 7.89. The van der Waals surface area contributed by atoms with Gasteiger partial charge in [-0.25, -0.2) is 12.7 Å². The van der Waals surface area contributed by atoms with Gasteiger partial charge in [0.05, 0.1) is 4.90 Å². The van der Waals surface area contributed by atoms with Gasteiger partial charge >= 0.3 is 0 Å². The van der Waals surface area contributed by atoms with E-state index in [9.17, 15) is 18.0 Å². The number of aromatic nitrogens is 1. The Morgan fingerprint density at radius 3 is 2.13 bits per heavy atom. The first kappa shape index (κ1) is 36.3. The van der Waals surface area contributed by atoms with Crippen LogP contribution in [0.1, 0.15) is 38.2 Å². The van der Waals surface area contributed by atoms with Crippen LogP contribution in [0.4, 0.5) is 0 Å². The van der Waals surface area contributed by atoms with Crippen LogP contribution < -0.4 is 5.73 Å². The molecule has 0 unspecified atom stereocenters. The lowest BCUT2D eigenvalue weighted by Gasteiger charge is -2.35. The molecule has 0 saturated carbocycles. The van der Waals surface area contributed by atoms with Crippen molar-refractivity contribution >= 4 is 50.0 Å². The summed E-state index contributed by atoms with van der Waals surface area (Å²) >= 11 is 1.58. The van der Waals surface area contributed by atoms with E-state index in [0.717, 1.165) is 33.2 Å². The van der Waals surface area contributed by atoms with Gasteiger partial charge in [-0.1, -0.05) is 77.9 Å². The van der Waals surface area contributed by atoms with Gasteiger partial charge in [-0.3, -0.25) is 14.4 Å². The number of rotatable bonds is 12.